The highest BCUT2D eigenvalue weighted by molar-refractivity contribution is 6.40. The first-order valence-electron chi connectivity index (χ1n) is 5.04. The number of hydrogen-bond acceptors (Lipinski definition) is 2. The summed E-state index contributed by atoms with van der Waals surface area (Å²) in [7, 11) is 0. The first kappa shape index (κ1) is 12.1. The van der Waals surface area contributed by atoms with Crippen LogP contribution in [0.3, 0.4) is 0 Å². The van der Waals surface area contributed by atoms with Gasteiger partial charge in [0.2, 0.25) is 0 Å². The normalized spacial score (nSPS) is 9.75. The lowest BCUT2D eigenvalue weighted by Gasteiger charge is -2.04. The Bertz CT molecular complexity index is 429. The first-order valence-corrected chi connectivity index (χ1v) is 5.04. The predicted octanol–water partition coefficient (Wildman–Crippen LogP) is 1.97. The Balaban J connectivity index is 2.96. The van der Waals surface area contributed by atoms with E-state index in [1.807, 2.05) is 19.1 Å². The topological polar surface area (TPSA) is 62.7 Å². The monoisotopic (exact) mass is 218 g/mol. The number of ether oxygens (including phenoxy) is 1. The van der Waals surface area contributed by atoms with Crippen molar-refractivity contribution >= 4 is 11.7 Å². The summed E-state index contributed by atoms with van der Waals surface area (Å²) in [6, 6.07) is 7.10. The average molecular weight is 218 g/mol. The third-order valence-electron chi connectivity index (χ3n) is 1.96. The second kappa shape index (κ2) is 5.24. The van der Waals surface area contributed by atoms with Crippen LogP contribution in [0.5, 0.6) is 0 Å². The summed E-state index contributed by atoms with van der Waals surface area (Å²) >= 11 is 0. The lowest BCUT2D eigenvalue weighted by molar-refractivity contribution is -0.143. The highest BCUT2D eigenvalue weighted by Gasteiger charge is 2.25. The summed E-state index contributed by atoms with van der Waals surface area (Å²) in [6.45, 7) is 5.41. The molecule has 1 rings (SSSR count). The Morgan fingerprint density at radius 3 is 2.31 bits per heavy atom. The smallest absolute Gasteiger partial charge is 0.422 e. The number of aryl methyl sites for hydroxylation is 1. The fourth-order valence-electron chi connectivity index (χ4n) is 1.20. The van der Waals surface area contributed by atoms with Gasteiger partial charge >= 0.3 is 11.7 Å². The van der Waals surface area contributed by atoms with E-state index in [1.54, 1.807) is 26.0 Å². The summed E-state index contributed by atoms with van der Waals surface area (Å²) in [4.78, 5) is 14.5. The minimum atomic E-state index is -0.624. The molecule has 0 aliphatic carbocycles. The second-order valence-corrected chi connectivity index (χ2v) is 3.77. The highest BCUT2D eigenvalue weighted by Crippen LogP contribution is 2.05. The van der Waals surface area contributed by atoms with Gasteiger partial charge in [-0.15, -0.1) is 0 Å². The third-order valence-corrected chi connectivity index (χ3v) is 1.96. The molecule has 1 aromatic carbocycles. The summed E-state index contributed by atoms with van der Waals surface area (Å²) in [5, 5.41) is 0. The van der Waals surface area contributed by atoms with E-state index in [9.17, 15) is 4.79 Å². The molecule has 0 amide bonds. The van der Waals surface area contributed by atoms with Crippen LogP contribution in [0.25, 0.3) is 5.53 Å². The maximum atomic E-state index is 11.6. The molecule has 1 aromatic rings. The van der Waals surface area contributed by atoms with Gasteiger partial charge < -0.3 is 10.3 Å². The Morgan fingerprint density at radius 1 is 1.31 bits per heavy atom. The van der Waals surface area contributed by atoms with Crippen LogP contribution in [-0.2, 0) is 9.53 Å². The largest absolute Gasteiger partial charge is 0.454 e. The lowest BCUT2D eigenvalue weighted by atomic mass is 10.1. The molecule has 0 fully saturated rings. The fraction of sp³-hybridized carbons (Fsp3) is 0.333. The average Bonchev–Trinajstić information content (AvgIpc) is 2.21. The molecule has 0 saturated heterocycles. The van der Waals surface area contributed by atoms with E-state index in [0.29, 0.717) is 5.56 Å². The van der Waals surface area contributed by atoms with Crippen LogP contribution < -0.4 is 0 Å². The summed E-state index contributed by atoms with van der Waals surface area (Å²) in [5.41, 5.74) is 10.4. The van der Waals surface area contributed by atoms with Crippen molar-refractivity contribution in [2.75, 3.05) is 0 Å². The number of rotatable bonds is 3. The summed E-state index contributed by atoms with van der Waals surface area (Å²) in [6.07, 6.45) is -0.241. The zero-order valence-corrected chi connectivity index (χ0v) is 9.60. The molecular formula is C12H14N2O2. The van der Waals surface area contributed by atoms with Crippen LogP contribution in [-0.4, -0.2) is 22.6 Å². The van der Waals surface area contributed by atoms with Crippen molar-refractivity contribution in [2.45, 2.75) is 26.9 Å². The molecule has 0 atom stereocenters. The third kappa shape index (κ3) is 3.04. The number of nitrogens with zero attached hydrogens (tertiary/aromatic N) is 2. The highest BCUT2D eigenvalue weighted by atomic mass is 16.5. The first-order chi connectivity index (χ1) is 7.54. The van der Waals surface area contributed by atoms with E-state index in [0.717, 1.165) is 5.56 Å². The molecule has 0 aliphatic rings. The molecule has 0 unspecified atom stereocenters. The number of carbonyl (C=O) groups excluding carboxylic acids is 1. The van der Waals surface area contributed by atoms with Gasteiger partial charge in [-0.25, -0.2) is 4.79 Å². The van der Waals surface area contributed by atoms with Gasteiger partial charge in [-0.2, -0.15) is 4.79 Å². The van der Waals surface area contributed by atoms with Gasteiger partial charge in [0, 0.05) is 0 Å². The Labute approximate surface area is 94.5 Å². The molecule has 4 nitrogen and oxygen atoms in total. The fourth-order valence-corrected chi connectivity index (χ4v) is 1.20. The SMILES string of the molecule is Cc1ccc(C(=[N+]=[N-])C(=O)OC(C)C)cc1. The van der Waals surface area contributed by atoms with Gasteiger partial charge in [-0.3, -0.25) is 0 Å². The Morgan fingerprint density at radius 2 is 1.88 bits per heavy atom. The molecule has 0 aliphatic heterocycles. The van der Waals surface area contributed by atoms with Crippen molar-refractivity contribution in [1.29, 1.82) is 0 Å². The van der Waals surface area contributed by atoms with E-state index >= 15 is 0 Å². The van der Waals surface area contributed by atoms with Gasteiger partial charge in [0.05, 0.1) is 11.7 Å². The minimum Gasteiger partial charge on any atom is -0.454 e. The molecule has 4 heteroatoms. The molecule has 0 radical (unpaired) electrons. The Hall–Kier alpha value is -1.93. The number of benzene rings is 1. The standard InChI is InChI=1S/C12H14N2O2/c1-8(2)16-12(15)11(14-13)10-6-4-9(3)5-7-10/h4-8H,1-3H3. The molecule has 84 valence electrons. The quantitative estimate of drug-likeness (QED) is 0.337. The van der Waals surface area contributed by atoms with Crippen molar-refractivity contribution in [3.63, 3.8) is 0 Å². The molecular weight excluding hydrogens is 204 g/mol. The van der Waals surface area contributed by atoms with Crippen molar-refractivity contribution in [3.8, 4) is 0 Å². The Kier molecular flexibility index (Phi) is 3.97. The molecule has 0 bridgehead atoms. The minimum absolute atomic E-state index is 0.0753. The van der Waals surface area contributed by atoms with Gasteiger partial charge in [0.25, 0.3) is 0 Å². The number of esters is 1. The van der Waals surface area contributed by atoms with Crippen LogP contribution in [0.4, 0.5) is 0 Å². The van der Waals surface area contributed by atoms with Crippen LogP contribution >= 0.6 is 0 Å². The van der Waals surface area contributed by atoms with Gasteiger partial charge in [-0.1, -0.05) is 17.7 Å². The maximum Gasteiger partial charge on any atom is 0.422 e. The lowest BCUT2D eigenvalue weighted by Crippen LogP contribution is -2.23. The van der Waals surface area contributed by atoms with E-state index < -0.39 is 5.97 Å². The molecule has 16 heavy (non-hydrogen) atoms. The van der Waals surface area contributed by atoms with Gasteiger partial charge in [-0.05, 0) is 32.9 Å². The molecule has 0 N–H and O–H groups in total. The van der Waals surface area contributed by atoms with Crippen LogP contribution in [0, 0.1) is 6.92 Å². The molecule has 0 spiro atoms. The molecule has 0 saturated carbocycles. The van der Waals surface area contributed by atoms with Crippen molar-refractivity contribution in [2.24, 2.45) is 0 Å². The molecule has 0 aromatic heterocycles. The van der Waals surface area contributed by atoms with Crippen molar-refractivity contribution < 1.29 is 14.3 Å². The summed E-state index contributed by atoms with van der Waals surface area (Å²) < 4.78 is 4.96. The number of carbonyl (C=O) groups is 1. The second-order valence-electron chi connectivity index (χ2n) is 3.77. The number of hydrogen-bond donors (Lipinski definition) is 0. The van der Waals surface area contributed by atoms with Crippen molar-refractivity contribution in [1.82, 2.24) is 0 Å². The van der Waals surface area contributed by atoms with E-state index in [-0.39, 0.29) is 11.8 Å². The zero-order valence-electron chi connectivity index (χ0n) is 9.60. The summed E-state index contributed by atoms with van der Waals surface area (Å²) in [5.74, 6) is -0.624. The predicted molar refractivity (Wildman–Crippen MR) is 60.1 cm³/mol. The van der Waals surface area contributed by atoms with Crippen LogP contribution in [0.15, 0.2) is 24.3 Å². The van der Waals surface area contributed by atoms with E-state index in [2.05, 4.69) is 4.79 Å². The maximum absolute atomic E-state index is 11.6. The zero-order chi connectivity index (χ0) is 12.1. The van der Waals surface area contributed by atoms with Crippen LogP contribution in [0.2, 0.25) is 0 Å². The van der Waals surface area contributed by atoms with E-state index in [4.69, 9.17) is 10.3 Å². The van der Waals surface area contributed by atoms with Crippen molar-refractivity contribution in [3.05, 3.63) is 40.9 Å². The van der Waals surface area contributed by atoms with Gasteiger partial charge in [0.1, 0.15) is 0 Å². The van der Waals surface area contributed by atoms with Gasteiger partial charge in [0.15, 0.2) is 0 Å². The van der Waals surface area contributed by atoms with Crippen LogP contribution in [0.1, 0.15) is 25.0 Å². The molecule has 0 heterocycles. The van der Waals surface area contributed by atoms with E-state index in [1.165, 1.54) is 0 Å².